The van der Waals surface area contributed by atoms with Crippen molar-refractivity contribution in [2.45, 2.75) is 41.2 Å². The highest BCUT2D eigenvalue weighted by atomic mass is 15.1. The molecule has 102 valence electrons. The van der Waals surface area contributed by atoms with E-state index in [0.29, 0.717) is 18.4 Å². The van der Waals surface area contributed by atoms with E-state index in [1.807, 2.05) is 0 Å². The third-order valence-corrected chi connectivity index (χ3v) is 3.08. The Morgan fingerprint density at radius 2 is 1.61 bits per heavy atom. The molecule has 0 heterocycles. The molecular formula is C16H28N2. The van der Waals surface area contributed by atoms with Crippen molar-refractivity contribution in [3.63, 3.8) is 0 Å². The maximum absolute atomic E-state index is 5.72. The molecule has 0 aliphatic heterocycles. The van der Waals surface area contributed by atoms with Crippen LogP contribution in [0.2, 0.25) is 0 Å². The third-order valence-electron chi connectivity index (χ3n) is 3.08. The zero-order valence-electron chi connectivity index (χ0n) is 12.5. The van der Waals surface area contributed by atoms with E-state index >= 15 is 0 Å². The van der Waals surface area contributed by atoms with E-state index in [1.165, 1.54) is 16.8 Å². The Balaban J connectivity index is 2.93. The lowest BCUT2D eigenvalue weighted by atomic mass is 10.1. The van der Waals surface area contributed by atoms with Gasteiger partial charge in [0.2, 0.25) is 0 Å². The highest BCUT2D eigenvalue weighted by Gasteiger charge is 2.11. The Bertz CT molecular complexity index is 359. The number of benzene rings is 1. The quantitative estimate of drug-likeness (QED) is 0.834. The van der Waals surface area contributed by atoms with Crippen molar-refractivity contribution < 1.29 is 0 Å². The van der Waals surface area contributed by atoms with Crippen LogP contribution in [0.3, 0.4) is 0 Å². The molecule has 0 aromatic heterocycles. The van der Waals surface area contributed by atoms with Gasteiger partial charge < -0.3 is 10.6 Å². The molecule has 2 heteroatoms. The van der Waals surface area contributed by atoms with E-state index in [0.717, 1.165) is 13.1 Å². The van der Waals surface area contributed by atoms with E-state index in [9.17, 15) is 0 Å². The van der Waals surface area contributed by atoms with Gasteiger partial charge in [-0.3, -0.25) is 0 Å². The molecule has 0 amide bonds. The second kappa shape index (κ2) is 6.79. The number of anilines is 1. The van der Waals surface area contributed by atoms with Gasteiger partial charge in [-0.05, 0) is 42.0 Å². The van der Waals surface area contributed by atoms with E-state index < -0.39 is 0 Å². The number of nitrogens with two attached hydrogens (primary N) is 1. The molecule has 1 rings (SSSR count). The van der Waals surface area contributed by atoms with Gasteiger partial charge in [0.25, 0.3) is 0 Å². The normalized spacial score (nSPS) is 11.3. The smallest absolute Gasteiger partial charge is 0.0369 e. The van der Waals surface area contributed by atoms with Crippen molar-refractivity contribution in [1.82, 2.24) is 0 Å². The largest absolute Gasteiger partial charge is 0.371 e. The van der Waals surface area contributed by atoms with Crippen LogP contribution in [-0.2, 0) is 6.54 Å². The minimum atomic E-state index is 0.625. The summed E-state index contributed by atoms with van der Waals surface area (Å²) in [7, 11) is 0. The van der Waals surface area contributed by atoms with E-state index in [1.54, 1.807) is 0 Å². The van der Waals surface area contributed by atoms with E-state index in [-0.39, 0.29) is 0 Å². The van der Waals surface area contributed by atoms with E-state index in [2.05, 4.69) is 57.7 Å². The van der Waals surface area contributed by atoms with Crippen LogP contribution < -0.4 is 10.6 Å². The van der Waals surface area contributed by atoms with Gasteiger partial charge in [0.15, 0.2) is 0 Å². The minimum Gasteiger partial charge on any atom is -0.371 e. The summed E-state index contributed by atoms with van der Waals surface area (Å²) in [6.45, 7) is 14.1. The van der Waals surface area contributed by atoms with Crippen molar-refractivity contribution in [1.29, 1.82) is 0 Å². The lowest BCUT2D eigenvalue weighted by Crippen LogP contribution is -2.31. The van der Waals surface area contributed by atoms with Crippen molar-refractivity contribution >= 4 is 5.69 Å². The Morgan fingerprint density at radius 1 is 1.06 bits per heavy atom. The summed E-state index contributed by atoms with van der Waals surface area (Å²) in [5, 5.41) is 0. The SMILES string of the molecule is Cc1cc(N(CC(C)C)CC(C)C)ccc1CN. The van der Waals surface area contributed by atoms with E-state index in [4.69, 9.17) is 5.73 Å². The topological polar surface area (TPSA) is 29.3 Å². The van der Waals surface area contributed by atoms with Crippen molar-refractivity contribution in [2.75, 3.05) is 18.0 Å². The molecule has 1 aromatic carbocycles. The van der Waals surface area contributed by atoms with Gasteiger partial charge in [-0.2, -0.15) is 0 Å². The summed E-state index contributed by atoms with van der Waals surface area (Å²) in [5.74, 6) is 1.36. The van der Waals surface area contributed by atoms with Crippen LogP contribution >= 0.6 is 0 Å². The first-order valence-corrected chi connectivity index (χ1v) is 6.98. The number of hydrogen-bond donors (Lipinski definition) is 1. The monoisotopic (exact) mass is 248 g/mol. The van der Waals surface area contributed by atoms with Crippen LogP contribution in [0, 0.1) is 18.8 Å². The Labute approximate surface area is 112 Å². The summed E-state index contributed by atoms with van der Waals surface area (Å²) in [4.78, 5) is 2.49. The third kappa shape index (κ3) is 4.34. The Hall–Kier alpha value is -1.02. The zero-order valence-corrected chi connectivity index (χ0v) is 12.5. The number of nitrogens with zero attached hydrogens (tertiary/aromatic N) is 1. The minimum absolute atomic E-state index is 0.625. The number of aryl methyl sites for hydroxylation is 1. The van der Waals surface area contributed by atoms with Gasteiger partial charge in [0.1, 0.15) is 0 Å². The average molecular weight is 248 g/mol. The van der Waals surface area contributed by atoms with Crippen LogP contribution in [0.1, 0.15) is 38.8 Å². The molecule has 0 fully saturated rings. The van der Waals surface area contributed by atoms with Crippen LogP contribution in [0.4, 0.5) is 5.69 Å². The van der Waals surface area contributed by atoms with Gasteiger partial charge in [0.05, 0.1) is 0 Å². The van der Waals surface area contributed by atoms with Gasteiger partial charge in [-0.1, -0.05) is 33.8 Å². The molecule has 0 unspecified atom stereocenters. The molecule has 2 N–H and O–H groups in total. The van der Waals surface area contributed by atoms with Crippen LogP contribution in [0.5, 0.6) is 0 Å². The lowest BCUT2D eigenvalue weighted by Gasteiger charge is -2.29. The maximum atomic E-state index is 5.72. The zero-order chi connectivity index (χ0) is 13.7. The average Bonchev–Trinajstić information content (AvgIpc) is 2.26. The van der Waals surface area contributed by atoms with Gasteiger partial charge in [0, 0.05) is 25.3 Å². The van der Waals surface area contributed by atoms with Gasteiger partial charge >= 0.3 is 0 Å². The van der Waals surface area contributed by atoms with Crippen LogP contribution in [0.25, 0.3) is 0 Å². The first-order chi connectivity index (χ1) is 8.43. The maximum Gasteiger partial charge on any atom is 0.0369 e. The molecule has 1 aromatic rings. The predicted octanol–water partition coefficient (Wildman–Crippen LogP) is 3.57. The number of hydrogen-bond acceptors (Lipinski definition) is 2. The molecule has 0 saturated heterocycles. The highest BCUT2D eigenvalue weighted by molar-refractivity contribution is 5.51. The molecule has 0 aliphatic rings. The van der Waals surface area contributed by atoms with Crippen molar-refractivity contribution in [3.05, 3.63) is 29.3 Å². The van der Waals surface area contributed by atoms with Crippen molar-refractivity contribution in [2.24, 2.45) is 17.6 Å². The van der Waals surface area contributed by atoms with Gasteiger partial charge in [-0.25, -0.2) is 0 Å². The molecule has 0 spiro atoms. The molecule has 0 aliphatic carbocycles. The fraction of sp³-hybridized carbons (Fsp3) is 0.625. The molecule has 18 heavy (non-hydrogen) atoms. The standard InChI is InChI=1S/C16H28N2/c1-12(2)10-18(11-13(3)4)16-7-6-15(9-17)14(5)8-16/h6-8,12-13H,9-11,17H2,1-5H3. The highest BCUT2D eigenvalue weighted by Crippen LogP contribution is 2.21. The number of rotatable bonds is 6. The fourth-order valence-electron chi connectivity index (χ4n) is 2.27. The summed E-state index contributed by atoms with van der Waals surface area (Å²) >= 11 is 0. The molecule has 2 nitrogen and oxygen atoms in total. The van der Waals surface area contributed by atoms with Crippen molar-refractivity contribution in [3.8, 4) is 0 Å². The first-order valence-electron chi connectivity index (χ1n) is 6.98. The van der Waals surface area contributed by atoms with Gasteiger partial charge in [-0.15, -0.1) is 0 Å². The van der Waals surface area contributed by atoms with Crippen LogP contribution in [0.15, 0.2) is 18.2 Å². The first kappa shape index (κ1) is 15.0. The summed E-state index contributed by atoms with van der Waals surface area (Å²) in [6, 6.07) is 6.64. The predicted molar refractivity (Wildman–Crippen MR) is 81.0 cm³/mol. The molecule has 0 atom stereocenters. The second-order valence-electron chi connectivity index (χ2n) is 6.01. The fourth-order valence-corrected chi connectivity index (χ4v) is 2.27. The molecule has 0 saturated carbocycles. The summed E-state index contributed by atoms with van der Waals surface area (Å²) in [6.07, 6.45) is 0. The Kier molecular flexibility index (Phi) is 5.67. The molecular weight excluding hydrogens is 220 g/mol. The lowest BCUT2D eigenvalue weighted by molar-refractivity contribution is 0.552. The summed E-state index contributed by atoms with van der Waals surface area (Å²) in [5.41, 5.74) is 9.59. The van der Waals surface area contributed by atoms with Crippen LogP contribution in [-0.4, -0.2) is 13.1 Å². The summed E-state index contributed by atoms with van der Waals surface area (Å²) < 4.78 is 0. The Morgan fingerprint density at radius 3 is 2.00 bits per heavy atom. The molecule has 0 radical (unpaired) electrons. The second-order valence-corrected chi connectivity index (χ2v) is 6.01. The molecule has 0 bridgehead atoms.